The van der Waals surface area contributed by atoms with Crippen LogP contribution in [0.3, 0.4) is 0 Å². The highest BCUT2D eigenvalue weighted by molar-refractivity contribution is 8.02. The van der Waals surface area contributed by atoms with Crippen molar-refractivity contribution >= 4 is 34.6 Å². The number of hydrogen-bond donors (Lipinski definition) is 0. The van der Waals surface area contributed by atoms with Crippen LogP contribution >= 0.6 is 23.1 Å². The van der Waals surface area contributed by atoms with Crippen molar-refractivity contribution in [3.8, 4) is 5.75 Å². The van der Waals surface area contributed by atoms with Crippen molar-refractivity contribution < 1.29 is 14.3 Å². The van der Waals surface area contributed by atoms with Gasteiger partial charge in [0.2, 0.25) is 0 Å². The third kappa shape index (κ3) is 8.20. The second-order valence-corrected chi connectivity index (χ2v) is 12.2. The van der Waals surface area contributed by atoms with Crippen molar-refractivity contribution in [2.45, 2.75) is 86.2 Å². The summed E-state index contributed by atoms with van der Waals surface area (Å²) in [5, 5.41) is 0. The highest BCUT2D eigenvalue weighted by Gasteiger charge is 2.24. The van der Waals surface area contributed by atoms with Crippen molar-refractivity contribution in [3.05, 3.63) is 56.1 Å². The molecule has 0 aliphatic heterocycles. The van der Waals surface area contributed by atoms with E-state index >= 15 is 0 Å². The van der Waals surface area contributed by atoms with Gasteiger partial charge in [-0.05, 0) is 66.5 Å². The fourth-order valence-corrected chi connectivity index (χ4v) is 5.14. The summed E-state index contributed by atoms with van der Waals surface area (Å²) in [7, 11) is 0. The summed E-state index contributed by atoms with van der Waals surface area (Å²) >= 11 is 3.34. The fourth-order valence-electron chi connectivity index (χ4n) is 3.66. The molecule has 3 nitrogen and oxygen atoms in total. The van der Waals surface area contributed by atoms with E-state index in [0.29, 0.717) is 11.5 Å². The molecule has 34 heavy (non-hydrogen) atoms. The third-order valence-corrected chi connectivity index (χ3v) is 8.40. The Hall–Kier alpha value is -1.72. The van der Waals surface area contributed by atoms with E-state index in [0.717, 1.165) is 39.7 Å². The highest BCUT2D eigenvalue weighted by atomic mass is 32.2. The Morgan fingerprint density at radius 3 is 2.35 bits per heavy atom. The summed E-state index contributed by atoms with van der Waals surface area (Å²) in [6.07, 6.45) is 6.83. The van der Waals surface area contributed by atoms with Gasteiger partial charge in [-0.3, -0.25) is 0 Å². The highest BCUT2D eigenvalue weighted by Crippen LogP contribution is 2.38. The van der Waals surface area contributed by atoms with E-state index < -0.39 is 0 Å². The minimum absolute atomic E-state index is 0.0485. The maximum absolute atomic E-state index is 13.2. The Bertz CT molecular complexity index is 949. The van der Waals surface area contributed by atoms with Gasteiger partial charge in [-0.1, -0.05) is 66.0 Å². The Labute approximate surface area is 215 Å². The average molecular weight is 503 g/mol. The molecule has 0 N–H and O–H groups in total. The number of esters is 1. The Morgan fingerprint density at radius 2 is 1.82 bits per heavy atom. The van der Waals surface area contributed by atoms with Gasteiger partial charge in [-0.15, -0.1) is 23.1 Å². The number of rotatable bonds is 12. The lowest BCUT2D eigenvalue weighted by Gasteiger charge is -2.16. The van der Waals surface area contributed by atoms with Gasteiger partial charge in [0.15, 0.2) is 0 Å². The zero-order valence-electron chi connectivity index (χ0n) is 22.2. The number of hydrogen-bond acceptors (Lipinski definition) is 5. The molecule has 0 saturated carbocycles. The molecular formula is C29H42O3S2. The lowest BCUT2D eigenvalue weighted by atomic mass is 9.93. The van der Waals surface area contributed by atoms with E-state index in [9.17, 15) is 4.79 Å². The van der Waals surface area contributed by atoms with Crippen molar-refractivity contribution in [3.63, 3.8) is 0 Å². The van der Waals surface area contributed by atoms with E-state index in [1.165, 1.54) is 24.1 Å². The van der Waals surface area contributed by atoms with E-state index in [1.54, 1.807) is 23.1 Å². The van der Waals surface area contributed by atoms with Crippen LogP contribution < -0.4 is 4.74 Å². The first-order chi connectivity index (χ1) is 16.1. The van der Waals surface area contributed by atoms with E-state index in [2.05, 4.69) is 47.6 Å². The molecule has 2 aromatic rings. The Morgan fingerprint density at radius 1 is 1.15 bits per heavy atom. The number of aryl methyl sites for hydroxylation is 1. The van der Waals surface area contributed by atoms with E-state index in [1.807, 2.05) is 37.4 Å². The molecule has 1 unspecified atom stereocenters. The van der Waals surface area contributed by atoms with Gasteiger partial charge in [0.25, 0.3) is 0 Å². The zero-order chi connectivity index (χ0) is 25.3. The first kappa shape index (κ1) is 28.5. The zero-order valence-corrected chi connectivity index (χ0v) is 23.9. The SMILES string of the molecule is CCCCC(CC)COc1ccc(COC(=O)/C(=C(/C)SC)c2cc(C(C)(C)C)sc2C)cc1. The molecule has 1 aromatic carbocycles. The predicted octanol–water partition coefficient (Wildman–Crippen LogP) is 8.79. The Balaban J connectivity index is 2.05. The van der Waals surface area contributed by atoms with Crippen LogP contribution in [0.4, 0.5) is 0 Å². The molecule has 0 amide bonds. The van der Waals surface area contributed by atoms with Crippen LogP contribution in [-0.2, 0) is 21.6 Å². The van der Waals surface area contributed by atoms with E-state index in [4.69, 9.17) is 9.47 Å². The molecule has 0 saturated heterocycles. The number of carbonyl (C=O) groups is 1. The maximum Gasteiger partial charge on any atom is 0.339 e. The van der Waals surface area contributed by atoms with Gasteiger partial charge in [0.05, 0.1) is 12.2 Å². The third-order valence-electron chi connectivity index (χ3n) is 6.11. The monoisotopic (exact) mass is 502 g/mol. The largest absolute Gasteiger partial charge is 0.493 e. The number of thiophene rings is 1. The quantitative estimate of drug-likeness (QED) is 0.215. The summed E-state index contributed by atoms with van der Waals surface area (Å²) in [6, 6.07) is 10.1. The van der Waals surface area contributed by atoms with Crippen LogP contribution in [0.15, 0.2) is 35.2 Å². The lowest BCUT2D eigenvalue weighted by molar-refractivity contribution is -0.137. The molecule has 0 spiro atoms. The van der Waals surface area contributed by atoms with Crippen LogP contribution in [0.5, 0.6) is 5.75 Å². The number of carbonyl (C=O) groups excluding carboxylic acids is 1. The van der Waals surface area contributed by atoms with Gasteiger partial charge in [-0.2, -0.15) is 0 Å². The van der Waals surface area contributed by atoms with Gasteiger partial charge in [0, 0.05) is 15.3 Å². The number of ether oxygens (including phenoxy) is 2. The van der Waals surface area contributed by atoms with E-state index in [-0.39, 0.29) is 18.0 Å². The second-order valence-electron chi connectivity index (χ2n) is 9.91. The number of benzene rings is 1. The normalized spacial score (nSPS) is 13.4. The van der Waals surface area contributed by atoms with Crippen molar-refractivity contribution in [1.82, 2.24) is 0 Å². The molecule has 0 aliphatic rings. The van der Waals surface area contributed by atoms with Gasteiger partial charge in [0.1, 0.15) is 12.4 Å². The minimum atomic E-state index is -0.268. The van der Waals surface area contributed by atoms with Crippen molar-refractivity contribution in [2.75, 3.05) is 12.9 Å². The van der Waals surface area contributed by atoms with Crippen LogP contribution in [0.2, 0.25) is 0 Å². The molecule has 5 heteroatoms. The molecule has 1 heterocycles. The predicted molar refractivity (Wildman–Crippen MR) is 149 cm³/mol. The van der Waals surface area contributed by atoms with Gasteiger partial charge < -0.3 is 9.47 Å². The number of unbranched alkanes of at least 4 members (excludes halogenated alkanes) is 1. The number of thioether (sulfide) groups is 1. The molecule has 1 atom stereocenters. The summed E-state index contributed by atoms with van der Waals surface area (Å²) in [5.74, 6) is 1.20. The molecule has 2 rings (SSSR count). The molecule has 0 radical (unpaired) electrons. The summed E-state index contributed by atoms with van der Waals surface area (Å²) in [4.78, 5) is 16.6. The molecular weight excluding hydrogens is 460 g/mol. The Kier molecular flexibility index (Phi) is 11.2. The van der Waals surface area contributed by atoms with Crippen LogP contribution in [0, 0.1) is 12.8 Å². The molecule has 0 fully saturated rings. The number of allylic oxidation sites excluding steroid dienone is 1. The van der Waals surface area contributed by atoms with Gasteiger partial charge >= 0.3 is 5.97 Å². The lowest BCUT2D eigenvalue weighted by Crippen LogP contribution is -2.11. The molecule has 0 aliphatic carbocycles. The smallest absolute Gasteiger partial charge is 0.339 e. The summed E-state index contributed by atoms with van der Waals surface area (Å²) in [6.45, 7) is 16.1. The van der Waals surface area contributed by atoms with Crippen LogP contribution in [0.1, 0.15) is 88.1 Å². The first-order valence-corrected chi connectivity index (χ1v) is 14.4. The first-order valence-electron chi connectivity index (χ1n) is 12.4. The standard InChI is InChI=1S/C29H42O3S2/c1-9-11-12-22(10-2)18-31-24-15-13-23(14-16-24)19-32-28(30)27(21(4)33-8)25-17-26(29(5,6)7)34-20(25)3/h13-17,22H,9-12,18-19H2,1-8H3/b27-21-. The minimum Gasteiger partial charge on any atom is -0.493 e. The topological polar surface area (TPSA) is 35.5 Å². The van der Waals surface area contributed by atoms with Gasteiger partial charge in [-0.25, -0.2) is 4.79 Å². The maximum atomic E-state index is 13.2. The molecule has 188 valence electrons. The summed E-state index contributed by atoms with van der Waals surface area (Å²) < 4.78 is 11.8. The molecule has 1 aromatic heterocycles. The van der Waals surface area contributed by atoms with Crippen molar-refractivity contribution in [1.29, 1.82) is 0 Å². The van der Waals surface area contributed by atoms with Crippen LogP contribution in [-0.4, -0.2) is 18.8 Å². The van der Waals surface area contributed by atoms with Crippen molar-refractivity contribution in [2.24, 2.45) is 5.92 Å². The average Bonchev–Trinajstić information content (AvgIpc) is 3.20. The second kappa shape index (κ2) is 13.4. The summed E-state index contributed by atoms with van der Waals surface area (Å²) in [5.41, 5.74) is 2.67. The fraction of sp³-hybridized carbons (Fsp3) is 0.552. The molecule has 0 bridgehead atoms. The van der Waals surface area contributed by atoms with Crippen LogP contribution in [0.25, 0.3) is 5.57 Å².